The lowest BCUT2D eigenvalue weighted by molar-refractivity contribution is 0.487. The van der Waals surface area contributed by atoms with Crippen LogP contribution < -0.4 is 4.74 Å². The van der Waals surface area contributed by atoms with Crippen LogP contribution in [0.1, 0.15) is 0 Å². The fraction of sp³-hybridized carbons (Fsp3) is 0. The quantitative estimate of drug-likeness (QED) is 0.186. The van der Waals surface area contributed by atoms with Crippen LogP contribution in [0, 0.1) is 0 Å². The van der Waals surface area contributed by atoms with Crippen LogP contribution in [0.5, 0.6) is 11.5 Å². The first-order chi connectivity index (χ1) is 25.3. The van der Waals surface area contributed by atoms with Crippen LogP contribution in [-0.2, 0) is 0 Å². The monoisotopic (exact) mass is 651 g/mol. The van der Waals surface area contributed by atoms with Gasteiger partial charge in [0, 0.05) is 27.6 Å². The number of fused-ring (bicyclic) bond motifs is 3. The van der Waals surface area contributed by atoms with E-state index in [4.69, 9.17) is 19.7 Å². The zero-order valence-electron chi connectivity index (χ0n) is 27.5. The maximum absolute atomic E-state index is 6.54. The van der Waals surface area contributed by atoms with Gasteiger partial charge in [0.05, 0.1) is 0 Å². The van der Waals surface area contributed by atoms with Gasteiger partial charge in [-0.05, 0) is 74.3 Å². The van der Waals surface area contributed by atoms with E-state index in [0.717, 1.165) is 72.2 Å². The van der Waals surface area contributed by atoms with Gasteiger partial charge in [0.15, 0.2) is 17.5 Å². The third kappa shape index (κ3) is 5.04. The number of nitrogens with zero attached hydrogens (tertiary/aromatic N) is 3. The molecule has 0 bridgehead atoms. The zero-order valence-corrected chi connectivity index (χ0v) is 27.5. The smallest absolute Gasteiger partial charge is 0.164 e. The van der Waals surface area contributed by atoms with E-state index in [0.29, 0.717) is 17.5 Å². The third-order valence-corrected chi connectivity index (χ3v) is 9.73. The van der Waals surface area contributed by atoms with Crippen molar-refractivity contribution >= 4 is 21.5 Å². The van der Waals surface area contributed by atoms with Gasteiger partial charge in [-0.25, -0.2) is 15.0 Å². The molecule has 0 N–H and O–H groups in total. The maximum atomic E-state index is 6.54. The number of hydrogen-bond acceptors (Lipinski definition) is 4. The van der Waals surface area contributed by atoms with Crippen LogP contribution in [0.25, 0.3) is 89.1 Å². The van der Waals surface area contributed by atoms with Gasteiger partial charge in [-0.3, -0.25) is 0 Å². The molecule has 8 aromatic carbocycles. The van der Waals surface area contributed by atoms with E-state index >= 15 is 0 Å². The minimum Gasteiger partial charge on any atom is -0.456 e. The highest BCUT2D eigenvalue weighted by atomic mass is 16.5. The van der Waals surface area contributed by atoms with E-state index in [1.165, 1.54) is 10.9 Å². The molecule has 4 nitrogen and oxygen atoms in total. The molecule has 0 amide bonds. The second kappa shape index (κ2) is 11.9. The molecule has 1 aliphatic heterocycles. The van der Waals surface area contributed by atoms with Gasteiger partial charge < -0.3 is 4.74 Å². The summed E-state index contributed by atoms with van der Waals surface area (Å²) in [6, 6.07) is 61.0. The fourth-order valence-electron chi connectivity index (χ4n) is 7.29. The fourth-order valence-corrected chi connectivity index (χ4v) is 7.29. The highest BCUT2D eigenvalue weighted by molar-refractivity contribution is 6.07. The molecular formula is C47H29N3O. The first-order valence-corrected chi connectivity index (χ1v) is 17.1. The number of hydrogen-bond donors (Lipinski definition) is 0. The normalized spacial score (nSPS) is 11.7. The molecule has 1 aromatic heterocycles. The van der Waals surface area contributed by atoms with E-state index in [1.807, 2.05) is 36.4 Å². The van der Waals surface area contributed by atoms with Crippen molar-refractivity contribution in [3.63, 3.8) is 0 Å². The molecule has 4 heteroatoms. The van der Waals surface area contributed by atoms with Gasteiger partial charge in [0.1, 0.15) is 11.5 Å². The van der Waals surface area contributed by atoms with Crippen molar-refractivity contribution in [3.8, 4) is 79.0 Å². The molecule has 0 radical (unpaired) electrons. The first-order valence-electron chi connectivity index (χ1n) is 17.1. The Morgan fingerprint density at radius 3 is 1.71 bits per heavy atom. The Morgan fingerprint density at radius 2 is 0.902 bits per heavy atom. The summed E-state index contributed by atoms with van der Waals surface area (Å²) in [5, 5.41) is 4.52. The molecule has 0 unspecified atom stereocenters. The lowest BCUT2D eigenvalue weighted by atomic mass is 9.91. The predicted octanol–water partition coefficient (Wildman–Crippen LogP) is 12.3. The summed E-state index contributed by atoms with van der Waals surface area (Å²) in [4.78, 5) is 15.2. The molecule has 238 valence electrons. The van der Waals surface area contributed by atoms with Crippen molar-refractivity contribution in [1.29, 1.82) is 0 Å². The Morgan fingerprint density at radius 1 is 0.314 bits per heavy atom. The summed E-state index contributed by atoms with van der Waals surface area (Å²) in [5.74, 6) is 3.65. The van der Waals surface area contributed by atoms with Crippen molar-refractivity contribution in [1.82, 2.24) is 15.0 Å². The molecule has 2 heterocycles. The first kappa shape index (κ1) is 29.0. The Kier molecular flexibility index (Phi) is 6.78. The molecule has 9 aromatic rings. The molecule has 51 heavy (non-hydrogen) atoms. The van der Waals surface area contributed by atoms with E-state index in [9.17, 15) is 0 Å². The number of benzene rings is 8. The number of rotatable bonds is 5. The van der Waals surface area contributed by atoms with Crippen LogP contribution in [0.3, 0.4) is 0 Å². The zero-order chi connectivity index (χ0) is 33.7. The summed E-state index contributed by atoms with van der Waals surface area (Å²) in [5.41, 5.74) is 9.58. The standard InChI is InChI=1S/C47H29N3O/c1-3-12-30(13-4-1)33-18-9-19-35(28-33)46-48-45(32-14-5-2-6-15-32)49-47(50-46)41-27-26-36(37-20-7-8-21-38(37)41)34-24-25-39-40-22-10-16-31-17-11-23-42(44(31)40)51-43(39)29-34/h1-29H. The number of ether oxygens (including phenoxy) is 1. The SMILES string of the molecule is c1ccc(-c2cccc(-c3nc(-c4ccccc4)nc(-c4ccc(-c5ccc6c(c5)Oc5cccc7cccc-6c57)c5ccccc45)n3)c2)cc1. The second-order valence-corrected chi connectivity index (χ2v) is 12.8. The molecule has 0 fully saturated rings. The van der Waals surface area contributed by atoms with Crippen LogP contribution in [0.2, 0.25) is 0 Å². The van der Waals surface area contributed by atoms with Gasteiger partial charge in [0.2, 0.25) is 0 Å². The molecule has 0 spiro atoms. The summed E-state index contributed by atoms with van der Waals surface area (Å²) >= 11 is 0. The molecule has 10 rings (SSSR count). The predicted molar refractivity (Wildman–Crippen MR) is 208 cm³/mol. The Bertz CT molecular complexity index is 2770. The summed E-state index contributed by atoms with van der Waals surface area (Å²) in [6.07, 6.45) is 0. The largest absolute Gasteiger partial charge is 0.456 e. The van der Waals surface area contributed by atoms with Crippen LogP contribution in [0.15, 0.2) is 176 Å². The highest BCUT2D eigenvalue weighted by Crippen LogP contribution is 2.48. The van der Waals surface area contributed by atoms with E-state index in [1.54, 1.807) is 0 Å². The lowest BCUT2D eigenvalue weighted by Gasteiger charge is -2.22. The summed E-state index contributed by atoms with van der Waals surface area (Å²) in [6.45, 7) is 0. The molecule has 0 aliphatic carbocycles. The Hall–Kier alpha value is -6.91. The maximum Gasteiger partial charge on any atom is 0.164 e. The van der Waals surface area contributed by atoms with Crippen molar-refractivity contribution < 1.29 is 4.74 Å². The molecular weight excluding hydrogens is 623 g/mol. The van der Waals surface area contributed by atoms with Gasteiger partial charge in [0.25, 0.3) is 0 Å². The van der Waals surface area contributed by atoms with Crippen molar-refractivity contribution in [2.45, 2.75) is 0 Å². The van der Waals surface area contributed by atoms with E-state index in [-0.39, 0.29) is 0 Å². The minimum atomic E-state index is 0.630. The molecule has 0 saturated carbocycles. The minimum absolute atomic E-state index is 0.630. The van der Waals surface area contributed by atoms with Gasteiger partial charge in [-0.15, -0.1) is 0 Å². The Balaban J connectivity index is 1.11. The van der Waals surface area contributed by atoms with Crippen molar-refractivity contribution in [2.24, 2.45) is 0 Å². The van der Waals surface area contributed by atoms with Gasteiger partial charge in [-0.1, -0.05) is 146 Å². The van der Waals surface area contributed by atoms with E-state index in [2.05, 4.69) is 140 Å². The van der Waals surface area contributed by atoms with E-state index < -0.39 is 0 Å². The van der Waals surface area contributed by atoms with Crippen LogP contribution >= 0.6 is 0 Å². The molecule has 0 saturated heterocycles. The van der Waals surface area contributed by atoms with Gasteiger partial charge >= 0.3 is 0 Å². The lowest BCUT2D eigenvalue weighted by Crippen LogP contribution is -2.01. The van der Waals surface area contributed by atoms with Gasteiger partial charge in [-0.2, -0.15) is 0 Å². The Labute approximate surface area is 295 Å². The van der Waals surface area contributed by atoms with Crippen LogP contribution in [0.4, 0.5) is 0 Å². The summed E-state index contributed by atoms with van der Waals surface area (Å²) < 4.78 is 6.54. The average Bonchev–Trinajstić information content (AvgIpc) is 3.21. The van der Waals surface area contributed by atoms with Crippen molar-refractivity contribution in [2.75, 3.05) is 0 Å². The van der Waals surface area contributed by atoms with Crippen molar-refractivity contribution in [3.05, 3.63) is 176 Å². The summed E-state index contributed by atoms with van der Waals surface area (Å²) in [7, 11) is 0. The second-order valence-electron chi connectivity index (χ2n) is 12.8. The average molecular weight is 652 g/mol. The third-order valence-electron chi connectivity index (χ3n) is 9.73. The number of aromatic nitrogens is 3. The molecule has 1 aliphatic rings. The highest BCUT2D eigenvalue weighted by Gasteiger charge is 2.21. The van der Waals surface area contributed by atoms with Crippen LogP contribution in [-0.4, -0.2) is 15.0 Å². The topological polar surface area (TPSA) is 47.9 Å². The molecule has 0 atom stereocenters.